The molecule has 0 aromatic heterocycles. The van der Waals surface area contributed by atoms with Crippen LogP contribution in [-0.4, -0.2) is 73.1 Å². The second kappa shape index (κ2) is 9.73. The van der Waals surface area contributed by atoms with E-state index in [1.807, 2.05) is 0 Å². The Balaban J connectivity index is 2.16. The van der Waals surface area contributed by atoms with Crippen LogP contribution in [0.2, 0.25) is 0 Å². The Morgan fingerprint density at radius 2 is 2.00 bits per heavy atom. The third kappa shape index (κ3) is 8.02. The van der Waals surface area contributed by atoms with E-state index in [0.29, 0.717) is 12.5 Å². The molecule has 6 heteroatoms. The summed E-state index contributed by atoms with van der Waals surface area (Å²) in [6.07, 6.45) is 4.71. The maximum Gasteiger partial charge on any atom is 0.322 e. The topological polar surface area (TPSA) is 72.9 Å². The number of nitrogens with one attached hydrogen (secondary N) is 1. The monoisotopic (exact) mass is 299 g/mol. The molecule has 0 unspecified atom stereocenters. The number of amides is 1. The number of carboxylic acid groups (broad SMARTS) is 1. The molecule has 1 amide bonds. The first kappa shape index (κ1) is 17.9. The fraction of sp³-hybridized carbons (Fsp3) is 0.867. The summed E-state index contributed by atoms with van der Waals surface area (Å²) >= 11 is 0. The molecule has 0 spiro atoms. The number of hydrogen-bond acceptors (Lipinski definition) is 4. The number of hydrogen-bond donors (Lipinski definition) is 2. The van der Waals surface area contributed by atoms with Crippen molar-refractivity contribution in [2.75, 3.05) is 46.3 Å². The van der Waals surface area contributed by atoms with Crippen molar-refractivity contribution < 1.29 is 14.7 Å². The minimum Gasteiger partial charge on any atom is -0.480 e. The van der Waals surface area contributed by atoms with Gasteiger partial charge in [-0.2, -0.15) is 0 Å². The molecule has 6 nitrogen and oxygen atoms in total. The van der Waals surface area contributed by atoms with Crippen LogP contribution >= 0.6 is 0 Å². The summed E-state index contributed by atoms with van der Waals surface area (Å²) in [5.74, 6) is -0.488. The maximum absolute atomic E-state index is 11.6. The Morgan fingerprint density at radius 3 is 2.57 bits per heavy atom. The first-order valence-electron chi connectivity index (χ1n) is 7.90. The summed E-state index contributed by atoms with van der Waals surface area (Å²) in [5.41, 5.74) is 0. The van der Waals surface area contributed by atoms with Gasteiger partial charge in [-0.25, -0.2) is 0 Å². The average Bonchev–Trinajstić information content (AvgIpc) is 2.45. The lowest BCUT2D eigenvalue weighted by molar-refractivity contribution is -0.138. The third-order valence-corrected chi connectivity index (χ3v) is 3.97. The Labute approximate surface area is 127 Å². The van der Waals surface area contributed by atoms with Crippen LogP contribution in [0.3, 0.4) is 0 Å². The zero-order chi connectivity index (χ0) is 15.7. The van der Waals surface area contributed by atoms with Crippen molar-refractivity contribution in [3.63, 3.8) is 0 Å². The molecule has 0 atom stereocenters. The van der Waals surface area contributed by atoms with E-state index in [2.05, 4.69) is 29.1 Å². The first-order valence-corrected chi connectivity index (χ1v) is 7.90. The molecule has 1 aliphatic heterocycles. The number of carbonyl (C=O) groups is 2. The summed E-state index contributed by atoms with van der Waals surface area (Å²) in [6, 6.07) is 0. The molecule has 0 bridgehead atoms. The van der Waals surface area contributed by atoms with E-state index in [9.17, 15) is 9.59 Å². The fourth-order valence-electron chi connectivity index (χ4n) is 2.72. The van der Waals surface area contributed by atoms with Crippen LogP contribution in [0.15, 0.2) is 0 Å². The van der Waals surface area contributed by atoms with Gasteiger partial charge in [-0.3, -0.25) is 14.5 Å². The van der Waals surface area contributed by atoms with E-state index in [1.165, 1.54) is 12.8 Å². The summed E-state index contributed by atoms with van der Waals surface area (Å²) in [7, 11) is 2.18. The third-order valence-electron chi connectivity index (χ3n) is 3.97. The van der Waals surface area contributed by atoms with Gasteiger partial charge >= 0.3 is 5.97 Å². The van der Waals surface area contributed by atoms with E-state index in [0.717, 1.165) is 39.0 Å². The molecule has 0 aliphatic carbocycles. The van der Waals surface area contributed by atoms with Gasteiger partial charge in [0.25, 0.3) is 0 Å². The van der Waals surface area contributed by atoms with Crippen LogP contribution < -0.4 is 5.32 Å². The van der Waals surface area contributed by atoms with Gasteiger partial charge in [0.05, 0.1) is 6.54 Å². The van der Waals surface area contributed by atoms with Crippen molar-refractivity contribution in [2.45, 2.75) is 32.6 Å². The second-order valence-corrected chi connectivity index (χ2v) is 6.01. The standard InChI is InChI=1S/C15H29N3O3/c1-3-4-7-17(2)11-13-5-8-18(9-6-13)12-14(19)16-10-15(20)21/h13H,3-12H2,1-2H3,(H,16,19)(H,20,21). The average molecular weight is 299 g/mol. The molecule has 1 saturated heterocycles. The molecule has 1 heterocycles. The Kier molecular flexibility index (Phi) is 8.30. The lowest BCUT2D eigenvalue weighted by Crippen LogP contribution is -2.44. The van der Waals surface area contributed by atoms with E-state index in [4.69, 9.17) is 5.11 Å². The molecule has 0 aromatic rings. The number of piperidine rings is 1. The highest BCUT2D eigenvalue weighted by Gasteiger charge is 2.21. The van der Waals surface area contributed by atoms with Crippen molar-refractivity contribution in [3.8, 4) is 0 Å². The molecule has 1 fully saturated rings. The zero-order valence-electron chi connectivity index (χ0n) is 13.3. The molecule has 1 rings (SSSR count). The van der Waals surface area contributed by atoms with Crippen LogP contribution in [-0.2, 0) is 9.59 Å². The molecular weight excluding hydrogens is 270 g/mol. The number of carbonyl (C=O) groups excluding carboxylic acids is 1. The summed E-state index contributed by atoms with van der Waals surface area (Å²) in [5, 5.41) is 10.9. The highest BCUT2D eigenvalue weighted by atomic mass is 16.4. The van der Waals surface area contributed by atoms with Gasteiger partial charge in [-0.1, -0.05) is 13.3 Å². The Bertz CT molecular complexity index is 328. The van der Waals surface area contributed by atoms with Gasteiger partial charge in [-0.15, -0.1) is 0 Å². The number of likely N-dealkylation sites (tertiary alicyclic amines) is 1. The van der Waals surface area contributed by atoms with E-state index < -0.39 is 5.97 Å². The van der Waals surface area contributed by atoms with Crippen LogP contribution in [0.4, 0.5) is 0 Å². The van der Waals surface area contributed by atoms with Crippen LogP contribution in [0.25, 0.3) is 0 Å². The lowest BCUT2D eigenvalue weighted by atomic mass is 9.96. The van der Waals surface area contributed by atoms with Crippen LogP contribution in [0.5, 0.6) is 0 Å². The summed E-state index contributed by atoms with van der Waals surface area (Å²) in [6.45, 7) is 6.37. The quantitative estimate of drug-likeness (QED) is 0.653. The maximum atomic E-state index is 11.6. The van der Waals surface area contributed by atoms with E-state index in [1.54, 1.807) is 0 Å². The van der Waals surface area contributed by atoms with E-state index >= 15 is 0 Å². The second-order valence-electron chi connectivity index (χ2n) is 6.01. The van der Waals surface area contributed by atoms with Gasteiger partial charge in [0.2, 0.25) is 5.91 Å². The SMILES string of the molecule is CCCCN(C)CC1CCN(CC(=O)NCC(=O)O)CC1. The van der Waals surface area contributed by atoms with Gasteiger partial charge in [0, 0.05) is 6.54 Å². The van der Waals surface area contributed by atoms with E-state index in [-0.39, 0.29) is 12.5 Å². The molecule has 2 N–H and O–H groups in total. The molecule has 21 heavy (non-hydrogen) atoms. The van der Waals surface area contributed by atoms with Gasteiger partial charge in [0.1, 0.15) is 6.54 Å². The fourth-order valence-corrected chi connectivity index (χ4v) is 2.72. The van der Waals surface area contributed by atoms with Crippen molar-refractivity contribution in [1.82, 2.24) is 15.1 Å². The molecular formula is C15H29N3O3. The molecule has 0 saturated carbocycles. The van der Waals surface area contributed by atoms with Crippen molar-refractivity contribution in [2.24, 2.45) is 5.92 Å². The van der Waals surface area contributed by atoms with Gasteiger partial charge in [-0.05, 0) is 51.9 Å². The zero-order valence-corrected chi connectivity index (χ0v) is 13.3. The normalized spacial score (nSPS) is 17.1. The predicted molar refractivity (Wildman–Crippen MR) is 82.2 cm³/mol. The lowest BCUT2D eigenvalue weighted by Gasteiger charge is -2.33. The minimum atomic E-state index is -1.00. The van der Waals surface area contributed by atoms with Crippen molar-refractivity contribution in [1.29, 1.82) is 0 Å². The number of aliphatic carboxylic acids is 1. The van der Waals surface area contributed by atoms with Gasteiger partial charge in [0.15, 0.2) is 0 Å². The smallest absolute Gasteiger partial charge is 0.322 e. The Morgan fingerprint density at radius 1 is 1.33 bits per heavy atom. The summed E-state index contributed by atoms with van der Waals surface area (Å²) < 4.78 is 0. The number of carboxylic acids is 1. The number of rotatable bonds is 9. The number of unbranched alkanes of at least 4 members (excludes halogenated alkanes) is 1. The molecule has 122 valence electrons. The van der Waals surface area contributed by atoms with Crippen molar-refractivity contribution >= 4 is 11.9 Å². The number of nitrogens with zero attached hydrogens (tertiary/aromatic N) is 2. The van der Waals surface area contributed by atoms with Crippen molar-refractivity contribution in [3.05, 3.63) is 0 Å². The molecule has 1 aliphatic rings. The Hall–Kier alpha value is -1.14. The highest BCUT2D eigenvalue weighted by molar-refractivity contribution is 5.82. The molecule has 0 aromatic carbocycles. The molecule has 0 radical (unpaired) electrons. The minimum absolute atomic E-state index is 0.198. The first-order chi connectivity index (χ1) is 10.0. The predicted octanol–water partition coefficient (Wildman–Crippen LogP) is 0.631. The summed E-state index contributed by atoms with van der Waals surface area (Å²) in [4.78, 5) is 26.5. The van der Waals surface area contributed by atoms with Crippen LogP contribution in [0.1, 0.15) is 32.6 Å². The van der Waals surface area contributed by atoms with Gasteiger partial charge < -0.3 is 15.3 Å². The highest BCUT2D eigenvalue weighted by Crippen LogP contribution is 2.17. The largest absolute Gasteiger partial charge is 0.480 e. The van der Waals surface area contributed by atoms with Crippen LogP contribution in [0, 0.1) is 5.92 Å².